The lowest BCUT2D eigenvalue weighted by Crippen LogP contribution is -2.27. The lowest BCUT2D eigenvalue weighted by atomic mass is 10.1. The first-order chi connectivity index (χ1) is 9.48. The molecule has 1 unspecified atom stereocenters. The van der Waals surface area contributed by atoms with E-state index in [4.69, 9.17) is 4.74 Å². The van der Waals surface area contributed by atoms with E-state index in [0.717, 1.165) is 23.5 Å². The van der Waals surface area contributed by atoms with Gasteiger partial charge in [-0.1, -0.05) is 6.07 Å². The number of aromatic nitrogens is 2. The predicted octanol–water partition coefficient (Wildman–Crippen LogP) is 3.05. The molecular weight excluding hydrogens is 273 g/mol. The summed E-state index contributed by atoms with van der Waals surface area (Å²) in [5.74, 6) is 0. The van der Waals surface area contributed by atoms with Crippen molar-refractivity contribution in [2.45, 2.75) is 31.7 Å². The van der Waals surface area contributed by atoms with E-state index in [-0.39, 0.29) is 11.0 Å². The fraction of sp³-hybridized carbons (Fsp3) is 0.462. The number of fused-ring (bicyclic) bond motifs is 1. The van der Waals surface area contributed by atoms with Crippen LogP contribution in [0.1, 0.15) is 31.1 Å². The molecule has 1 aromatic heterocycles. The number of H-pyrrole nitrogens is 1. The van der Waals surface area contributed by atoms with Crippen molar-refractivity contribution in [1.82, 2.24) is 9.55 Å². The van der Waals surface area contributed by atoms with Gasteiger partial charge in [-0.2, -0.15) is 13.2 Å². The Morgan fingerprint density at radius 2 is 2.10 bits per heavy atom. The summed E-state index contributed by atoms with van der Waals surface area (Å²) in [6.45, 7) is 0.456. The topological polar surface area (TPSA) is 47.0 Å². The lowest BCUT2D eigenvalue weighted by molar-refractivity contribution is -0.136. The molecule has 3 rings (SSSR count). The van der Waals surface area contributed by atoms with Crippen molar-refractivity contribution in [3.8, 4) is 0 Å². The Balaban J connectivity index is 2.25. The van der Waals surface area contributed by atoms with Crippen LogP contribution in [0.3, 0.4) is 0 Å². The molecule has 0 aliphatic carbocycles. The zero-order valence-corrected chi connectivity index (χ0v) is 10.5. The first-order valence-corrected chi connectivity index (χ1v) is 6.40. The highest BCUT2D eigenvalue weighted by Crippen LogP contribution is 2.35. The molecule has 1 atom stereocenters. The van der Waals surface area contributed by atoms with E-state index in [9.17, 15) is 18.0 Å². The van der Waals surface area contributed by atoms with Crippen molar-refractivity contribution in [1.29, 1.82) is 0 Å². The highest BCUT2D eigenvalue weighted by atomic mass is 19.4. The third kappa shape index (κ3) is 2.11. The number of nitrogens with zero attached hydrogens (tertiary/aromatic N) is 1. The number of para-hydroxylation sites is 1. The third-order valence-electron chi connectivity index (χ3n) is 3.49. The molecule has 1 fully saturated rings. The number of benzene rings is 1. The molecule has 20 heavy (non-hydrogen) atoms. The largest absolute Gasteiger partial charge is 0.418 e. The summed E-state index contributed by atoms with van der Waals surface area (Å²) in [6, 6.07) is 3.73. The van der Waals surface area contributed by atoms with Crippen LogP contribution < -0.4 is 5.69 Å². The smallest absolute Gasteiger partial charge is 0.358 e. The van der Waals surface area contributed by atoms with Crippen molar-refractivity contribution < 1.29 is 17.9 Å². The molecule has 0 bridgehead atoms. The van der Waals surface area contributed by atoms with Crippen LogP contribution in [0.15, 0.2) is 23.0 Å². The van der Waals surface area contributed by atoms with Gasteiger partial charge in [0.15, 0.2) is 0 Å². The Morgan fingerprint density at radius 3 is 2.75 bits per heavy atom. The Labute approximate surface area is 112 Å². The van der Waals surface area contributed by atoms with Gasteiger partial charge in [0.1, 0.15) is 6.23 Å². The number of rotatable bonds is 1. The first-order valence-electron chi connectivity index (χ1n) is 6.40. The maximum atomic E-state index is 13.1. The number of ether oxygens (including phenoxy) is 1. The molecule has 1 aliphatic heterocycles. The highest BCUT2D eigenvalue weighted by Gasteiger charge is 2.35. The summed E-state index contributed by atoms with van der Waals surface area (Å²) in [5.41, 5.74) is -1.33. The predicted molar refractivity (Wildman–Crippen MR) is 66.4 cm³/mol. The minimum Gasteiger partial charge on any atom is -0.358 e. The second-order valence-electron chi connectivity index (χ2n) is 4.82. The SMILES string of the molecule is O=c1[nH]c2cccc(C(F)(F)F)c2n1C1CCCCO1. The summed E-state index contributed by atoms with van der Waals surface area (Å²) >= 11 is 0. The molecule has 108 valence electrons. The minimum absolute atomic E-state index is 0.128. The summed E-state index contributed by atoms with van der Waals surface area (Å²) in [6.07, 6.45) is -2.91. The van der Waals surface area contributed by atoms with Gasteiger partial charge < -0.3 is 9.72 Å². The van der Waals surface area contributed by atoms with E-state index >= 15 is 0 Å². The fourth-order valence-corrected chi connectivity index (χ4v) is 2.61. The summed E-state index contributed by atoms with van der Waals surface area (Å²) in [5, 5.41) is 0. The molecule has 0 radical (unpaired) electrons. The Kier molecular flexibility index (Phi) is 3.08. The Bertz CT molecular complexity index is 681. The van der Waals surface area contributed by atoms with Gasteiger partial charge in [0.25, 0.3) is 0 Å². The quantitative estimate of drug-likeness (QED) is 0.875. The molecule has 1 N–H and O–H groups in total. The summed E-state index contributed by atoms with van der Waals surface area (Å²) in [4.78, 5) is 14.4. The van der Waals surface area contributed by atoms with Gasteiger partial charge >= 0.3 is 11.9 Å². The van der Waals surface area contributed by atoms with E-state index in [1.807, 2.05) is 0 Å². The second kappa shape index (κ2) is 4.66. The zero-order chi connectivity index (χ0) is 14.3. The monoisotopic (exact) mass is 286 g/mol. The molecule has 4 nitrogen and oxygen atoms in total. The van der Waals surface area contributed by atoms with Crippen molar-refractivity contribution in [3.63, 3.8) is 0 Å². The van der Waals surface area contributed by atoms with Gasteiger partial charge in [-0.25, -0.2) is 4.79 Å². The minimum atomic E-state index is -4.51. The number of aromatic amines is 1. The van der Waals surface area contributed by atoms with Gasteiger partial charge in [0.2, 0.25) is 0 Å². The lowest BCUT2D eigenvalue weighted by Gasteiger charge is -2.24. The van der Waals surface area contributed by atoms with E-state index in [0.29, 0.717) is 13.0 Å². The van der Waals surface area contributed by atoms with Crippen molar-refractivity contribution in [2.75, 3.05) is 6.61 Å². The van der Waals surface area contributed by atoms with Gasteiger partial charge in [-0.05, 0) is 31.4 Å². The van der Waals surface area contributed by atoms with Crippen LogP contribution in [0.25, 0.3) is 11.0 Å². The van der Waals surface area contributed by atoms with Gasteiger partial charge in [-0.3, -0.25) is 4.57 Å². The van der Waals surface area contributed by atoms with Crippen LogP contribution in [-0.4, -0.2) is 16.2 Å². The molecule has 2 heterocycles. The molecular formula is C13H13F3N2O2. The van der Waals surface area contributed by atoms with Gasteiger partial charge in [0, 0.05) is 6.61 Å². The van der Waals surface area contributed by atoms with Crippen LogP contribution >= 0.6 is 0 Å². The summed E-state index contributed by atoms with van der Waals surface area (Å²) in [7, 11) is 0. The van der Waals surface area contributed by atoms with Crippen LogP contribution in [0.4, 0.5) is 13.2 Å². The van der Waals surface area contributed by atoms with Crippen LogP contribution in [0, 0.1) is 0 Å². The molecule has 2 aromatic rings. The Hall–Kier alpha value is -1.76. The van der Waals surface area contributed by atoms with Crippen molar-refractivity contribution in [3.05, 3.63) is 34.2 Å². The second-order valence-corrected chi connectivity index (χ2v) is 4.82. The molecule has 0 amide bonds. The average molecular weight is 286 g/mol. The number of hydrogen-bond donors (Lipinski definition) is 1. The molecule has 7 heteroatoms. The van der Waals surface area contributed by atoms with Crippen molar-refractivity contribution >= 4 is 11.0 Å². The van der Waals surface area contributed by atoms with Crippen LogP contribution in [0.2, 0.25) is 0 Å². The van der Waals surface area contributed by atoms with E-state index in [1.165, 1.54) is 12.1 Å². The molecule has 0 saturated carbocycles. The number of imidazole rings is 1. The zero-order valence-electron chi connectivity index (χ0n) is 10.5. The maximum absolute atomic E-state index is 13.1. The van der Waals surface area contributed by atoms with Crippen molar-refractivity contribution in [2.24, 2.45) is 0 Å². The van der Waals surface area contributed by atoms with Gasteiger partial charge in [-0.15, -0.1) is 0 Å². The number of nitrogens with one attached hydrogen (secondary N) is 1. The number of alkyl halides is 3. The molecule has 1 saturated heterocycles. The highest BCUT2D eigenvalue weighted by molar-refractivity contribution is 5.79. The standard InChI is InChI=1S/C13H13F3N2O2/c14-13(15,16)8-4-3-5-9-11(8)18(12(19)17-9)10-6-1-2-7-20-10/h3-5,10H,1-2,6-7H2,(H,17,19). The maximum Gasteiger partial charge on any atom is 0.418 e. The fourth-order valence-electron chi connectivity index (χ4n) is 2.61. The molecule has 0 spiro atoms. The van der Waals surface area contributed by atoms with Crippen LogP contribution in [0.5, 0.6) is 0 Å². The average Bonchev–Trinajstić information content (AvgIpc) is 2.74. The third-order valence-corrected chi connectivity index (χ3v) is 3.49. The first kappa shape index (κ1) is 13.2. The number of halogens is 3. The molecule has 1 aromatic carbocycles. The normalized spacial score (nSPS) is 20.4. The summed E-state index contributed by atoms with van der Waals surface area (Å²) < 4.78 is 45.9. The van der Waals surface area contributed by atoms with E-state index < -0.39 is 23.7 Å². The Morgan fingerprint density at radius 1 is 1.30 bits per heavy atom. The molecule has 1 aliphatic rings. The number of hydrogen-bond acceptors (Lipinski definition) is 2. The van der Waals surface area contributed by atoms with Gasteiger partial charge in [0.05, 0.1) is 16.6 Å². The van der Waals surface area contributed by atoms with E-state index in [1.54, 1.807) is 0 Å². The van der Waals surface area contributed by atoms with E-state index in [2.05, 4.69) is 4.98 Å². The van der Waals surface area contributed by atoms with Crippen LogP contribution in [-0.2, 0) is 10.9 Å².